The first kappa shape index (κ1) is 13.5. The van der Waals surface area contributed by atoms with Crippen LogP contribution in [0.2, 0.25) is 0 Å². The van der Waals surface area contributed by atoms with Crippen LogP contribution in [0.5, 0.6) is 0 Å². The molecule has 16 heavy (non-hydrogen) atoms. The number of amides is 1. The van der Waals surface area contributed by atoms with E-state index in [2.05, 4.69) is 5.32 Å². The Kier molecular flexibility index (Phi) is 5.77. The van der Waals surface area contributed by atoms with Gasteiger partial charge in [0.05, 0.1) is 0 Å². The van der Waals surface area contributed by atoms with Crippen molar-refractivity contribution in [3.63, 3.8) is 0 Å². The summed E-state index contributed by atoms with van der Waals surface area (Å²) < 4.78 is 0. The van der Waals surface area contributed by atoms with Crippen molar-refractivity contribution in [2.75, 3.05) is 27.2 Å². The van der Waals surface area contributed by atoms with Crippen molar-refractivity contribution in [1.82, 2.24) is 10.2 Å². The molecule has 0 saturated heterocycles. The number of carbonyl (C=O) groups is 1. The third kappa shape index (κ3) is 5.47. The molecule has 3 N–H and O–H groups in total. The first-order valence-electron chi connectivity index (χ1n) is 6.27. The lowest BCUT2D eigenvalue weighted by Gasteiger charge is -2.18. The normalized spacial score (nSPS) is 17.2. The van der Waals surface area contributed by atoms with Crippen LogP contribution in [0.3, 0.4) is 0 Å². The highest BCUT2D eigenvalue weighted by Gasteiger charge is 2.20. The molecule has 0 aromatic carbocycles. The molecular formula is C12H25N3O. The fourth-order valence-corrected chi connectivity index (χ4v) is 1.74. The monoisotopic (exact) mass is 227 g/mol. The summed E-state index contributed by atoms with van der Waals surface area (Å²) in [6, 6.07) is 0.133. The maximum absolute atomic E-state index is 11.5. The van der Waals surface area contributed by atoms with E-state index in [-0.39, 0.29) is 11.9 Å². The molecule has 4 nitrogen and oxygen atoms in total. The maximum Gasteiger partial charge on any atom is 0.223 e. The third-order valence-corrected chi connectivity index (χ3v) is 3.12. The van der Waals surface area contributed by atoms with Crippen LogP contribution in [-0.2, 0) is 4.79 Å². The first-order chi connectivity index (χ1) is 7.63. The summed E-state index contributed by atoms with van der Waals surface area (Å²) in [6.45, 7) is 1.52. The standard InChI is InChI=1S/C12H25N3O/c1-15(2)12(16)8-11(9-13)14-7-3-4-10-5-6-10/h10-11,14H,3-9,13H2,1-2H3. The average molecular weight is 227 g/mol. The van der Waals surface area contributed by atoms with E-state index in [1.165, 1.54) is 25.7 Å². The van der Waals surface area contributed by atoms with Gasteiger partial charge in [-0.05, 0) is 25.3 Å². The fourth-order valence-electron chi connectivity index (χ4n) is 1.74. The second-order valence-corrected chi connectivity index (χ2v) is 4.96. The van der Waals surface area contributed by atoms with Gasteiger partial charge in [0, 0.05) is 33.1 Å². The Morgan fingerprint density at radius 1 is 1.50 bits per heavy atom. The minimum absolute atomic E-state index is 0.133. The summed E-state index contributed by atoms with van der Waals surface area (Å²) in [7, 11) is 3.56. The van der Waals surface area contributed by atoms with Crippen LogP contribution in [-0.4, -0.2) is 44.0 Å². The molecule has 1 unspecified atom stereocenters. The zero-order chi connectivity index (χ0) is 12.0. The zero-order valence-corrected chi connectivity index (χ0v) is 10.5. The predicted molar refractivity (Wildman–Crippen MR) is 66.1 cm³/mol. The van der Waals surface area contributed by atoms with Crippen molar-refractivity contribution in [2.45, 2.75) is 38.1 Å². The highest BCUT2D eigenvalue weighted by atomic mass is 16.2. The molecule has 1 atom stereocenters. The zero-order valence-electron chi connectivity index (χ0n) is 10.5. The second-order valence-electron chi connectivity index (χ2n) is 4.96. The molecule has 4 heteroatoms. The Balaban J connectivity index is 2.07. The van der Waals surface area contributed by atoms with Crippen molar-refractivity contribution in [3.05, 3.63) is 0 Å². The van der Waals surface area contributed by atoms with Gasteiger partial charge in [0.25, 0.3) is 0 Å². The van der Waals surface area contributed by atoms with E-state index in [0.29, 0.717) is 13.0 Å². The van der Waals surface area contributed by atoms with Crippen LogP contribution in [0.4, 0.5) is 0 Å². The summed E-state index contributed by atoms with van der Waals surface area (Å²) >= 11 is 0. The molecule has 1 fully saturated rings. The van der Waals surface area contributed by atoms with Crippen LogP contribution in [0, 0.1) is 5.92 Å². The highest BCUT2D eigenvalue weighted by molar-refractivity contribution is 5.76. The van der Waals surface area contributed by atoms with E-state index in [4.69, 9.17) is 5.73 Å². The Hall–Kier alpha value is -0.610. The van der Waals surface area contributed by atoms with Gasteiger partial charge in [-0.3, -0.25) is 4.79 Å². The van der Waals surface area contributed by atoms with Gasteiger partial charge in [-0.2, -0.15) is 0 Å². The van der Waals surface area contributed by atoms with Crippen molar-refractivity contribution >= 4 is 5.91 Å². The molecule has 0 aromatic heterocycles. The summed E-state index contributed by atoms with van der Waals surface area (Å²) in [5.74, 6) is 1.13. The molecule has 0 aromatic rings. The molecule has 0 radical (unpaired) electrons. The molecule has 1 rings (SSSR count). The lowest BCUT2D eigenvalue weighted by molar-refractivity contribution is -0.129. The molecule has 0 aliphatic heterocycles. The van der Waals surface area contributed by atoms with Crippen LogP contribution < -0.4 is 11.1 Å². The molecule has 1 saturated carbocycles. The molecule has 0 heterocycles. The predicted octanol–water partition coefficient (Wildman–Crippen LogP) is 0.572. The van der Waals surface area contributed by atoms with Crippen molar-refractivity contribution in [2.24, 2.45) is 11.7 Å². The van der Waals surface area contributed by atoms with E-state index in [1.54, 1.807) is 19.0 Å². The highest BCUT2D eigenvalue weighted by Crippen LogP contribution is 2.33. The Morgan fingerprint density at radius 2 is 2.19 bits per heavy atom. The molecule has 1 aliphatic rings. The number of hydrogen-bond donors (Lipinski definition) is 2. The largest absolute Gasteiger partial charge is 0.349 e. The van der Waals surface area contributed by atoms with Gasteiger partial charge in [-0.25, -0.2) is 0 Å². The summed E-state index contributed by atoms with van der Waals surface area (Å²) in [5.41, 5.74) is 5.64. The first-order valence-corrected chi connectivity index (χ1v) is 6.27. The number of carbonyl (C=O) groups excluding carboxylic acids is 1. The van der Waals surface area contributed by atoms with Crippen LogP contribution in [0.25, 0.3) is 0 Å². The molecule has 0 bridgehead atoms. The molecule has 94 valence electrons. The second kappa shape index (κ2) is 6.86. The smallest absolute Gasteiger partial charge is 0.223 e. The summed E-state index contributed by atoms with van der Waals surface area (Å²) in [5, 5.41) is 3.37. The van der Waals surface area contributed by atoms with E-state index >= 15 is 0 Å². The number of nitrogens with two attached hydrogens (primary N) is 1. The minimum atomic E-state index is 0.133. The van der Waals surface area contributed by atoms with Crippen molar-refractivity contribution < 1.29 is 4.79 Å². The van der Waals surface area contributed by atoms with Gasteiger partial charge in [0.2, 0.25) is 5.91 Å². The molecule has 0 spiro atoms. The van der Waals surface area contributed by atoms with E-state index in [9.17, 15) is 4.79 Å². The van der Waals surface area contributed by atoms with Crippen molar-refractivity contribution in [1.29, 1.82) is 0 Å². The summed E-state index contributed by atoms with van der Waals surface area (Å²) in [6.07, 6.45) is 5.87. The fraction of sp³-hybridized carbons (Fsp3) is 0.917. The molecule has 1 amide bonds. The topological polar surface area (TPSA) is 58.4 Å². The lowest BCUT2D eigenvalue weighted by Crippen LogP contribution is -2.40. The lowest BCUT2D eigenvalue weighted by atomic mass is 10.1. The van der Waals surface area contributed by atoms with Crippen LogP contribution in [0.1, 0.15) is 32.1 Å². The van der Waals surface area contributed by atoms with Gasteiger partial charge in [0.15, 0.2) is 0 Å². The number of nitrogens with zero attached hydrogens (tertiary/aromatic N) is 1. The van der Waals surface area contributed by atoms with Crippen LogP contribution >= 0.6 is 0 Å². The SMILES string of the molecule is CN(C)C(=O)CC(CN)NCCCC1CC1. The Morgan fingerprint density at radius 3 is 2.69 bits per heavy atom. The average Bonchev–Trinajstić information content (AvgIpc) is 3.05. The number of hydrogen-bond acceptors (Lipinski definition) is 3. The Labute approximate surface area is 98.6 Å². The Bertz CT molecular complexity index is 214. The van der Waals surface area contributed by atoms with Gasteiger partial charge in [-0.15, -0.1) is 0 Å². The van der Waals surface area contributed by atoms with E-state index < -0.39 is 0 Å². The number of nitrogens with one attached hydrogen (secondary N) is 1. The van der Waals surface area contributed by atoms with Crippen molar-refractivity contribution in [3.8, 4) is 0 Å². The van der Waals surface area contributed by atoms with Crippen LogP contribution in [0.15, 0.2) is 0 Å². The van der Waals surface area contributed by atoms with E-state index in [0.717, 1.165) is 12.5 Å². The van der Waals surface area contributed by atoms with E-state index in [1.807, 2.05) is 0 Å². The third-order valence-electron chi connectivity index (χ3n) is 3.12. The summed E-state index contributed by atoms with van der Waals surface area (Å²) in [4.78, 5) is 13.1. The molecular weight excluding hydrogens is 202 g/mol. The molecule has 1 aliphatic carbocycles. The minimum Gasteiger partial charge on any atom is -0.349 e. The quantitative estimate of drug-likeness (QED) is 0.596. The maximum atomic E-state index is 11.5. The number of rotatable bonds is 8. The van der Waals surface area contributed by atoms with Gasteiger partial charge in [0.1, 0.15) is 0 Å². The van der Waals surface area contributed by atoms with Gasteiger partial charge < -0.3 is 16.0 Å². The van der Waals surface area contributed by atoms with Gasteiger partial charge in [-0.1, -0.05) is 12.8 Å². The van der Waals surface area contributed by atoms with Gasteiger partial charge >= 0.3 is 0 Å².